The number of aromatic nitrogens is 1. The zero-order chi connectivity index (χ0) is 24.8. The summed E-state index contributed by atoms with van der Waals surface area (Å²) in [6.45, 7) is 0.0521. The lowest BCUT2D eigenvalue weighted by Crippen LogP contribution is -2.29. The summed E-state index contributed by atoms with van der Waals surface area (Å²) in [5, 5.41) is 2.86. The summed E-state index contributed by atoms with van der Waals surface area (Å²) < 4.78 is 39.2. The van der Waals surface area contributed by atoms with Crippen LogP contribution < -0.4 is 9.62 Å². The van der Waals surface area contributed by atoms with Crippen LogP contribution in [0.3, 0.4) is 0 Å². The molecule has 1 amide bonds. The van der Waals surface area contributed by atoms with Crippen LogP contribution in [0.1, 0.15) is 27.0 Å². The van der Waals surface area contributed by atoms with Crippen molar-refractivity contribution in [2.24, 2.45) is 0 Å². The van der Waals surface area contributed by atoms with Gasteiger partial charge in [0.2, 0.25) is 10.0 Å². The highest BCUT2D eigenvalue weighted by molar-refractivity contribution is 7.92. The first-order valence-electron chi connectivity index (χ1n) is 10.9. The Balaban J connectivity index is 1.43. The molecule has 0 saturated carbocycles. The van der Waals surface area contributed by atoms with Gasteiger partial charge in [-0.25, -0.2) is 12.8 Å². The molecule has 0 aliphatic rings. The van der Waals surface area contributed by atoms with E-state index < -0.39 is 15.8 Å². The van der Waals surface area contributed by atoms with Crippen LogP contribution >= 0.6 is 0 Å². The third-order valence-electron chi connectivity index (χ3n) is 5.43. The summed E-state index contributed by atoms with van der Waals surface area (Å²) in [6, 6.07) is 23.5. The molecule has 178 valence electrons. The molecule has 0 bridgehead atoms. The van der Waals surface area contributed by atoms with Crippen LogP contribution in [0.25, 0.3) is 0 Å². The minimum atomic E-state index is -3.60. The Labute approximate surface area is 204 Å². The monoisotopic (exact) mass is 489 g/mol. The Morgan fingerprint density at radius 3 is 2.00 bits per heavy atom. The van der Waals surface area contributed by atoms with Gasteiger partial charge in [-0.2, -0.15) is 0 Å². The van der Waals surface area contributed by atoms with E-state index in [0.29, 0.717) is 22.5 Å². The number of hydrogen-bond donors (Lipinski definition) is 1. The zero-order valence-corrected chi connectivity index (χ0v) is 19.9. The lowest BCUT2D eigenvalue weighted by Gasteiger charge is -2.22. The summed E-state index contributed by atoms with van der Waals surface area (Å²) >= 11 is 0. The predicted octanol–water partition coefficient (Wildman–Crippen LogP) is 5.03. The number of anilines is 2. The average molecular weight is 490 g/mol. The number of halogens is 1. The molecule has 1 N–H and O–H groups in total. The second-order valence-electron chi connectivity index (χ2n) is 8.13. The molecule has 0 aliphatic heterocycles. The normalized spacial score (nSPS) is 11.1. The van der Waals surface area contributed by atoms with Gasteiger partial charge >= 0.3 is 0 Å². The predicted molar refractivity (Wildman–Crippen MR) is 135 cm³/mol. The molecule has 0 atom stereocenters. The van der Waals surface area contributed by atoms with Crippen LogP contribution in [0.4, 0.5) is 15.8 Å². The van der Waals surface area contributed by atoms with Crippen molar-refractivity contribution < 1.29 is 17.6 Å². The SMILES string of the molecule is CS(=O)(=O)N(Cc1ccc(F)cc1)c1ccc(C(=O)Nc2ccc(Cc3ccncc3)cc2)cc1. The minimum Gasteiger partial charge on any atom is -0.322 e. The number of rotatable bonds is 8. The van der Waals surface area contributed by atoms with E-state index in [4.69, 9.17) is 0 Å². The topological polar surface area (TPSA) is 79.4 Å². The molecular weight excluding hydrogens is 465 g/mol. The maximum absolute atomic E-state index is 13.2. The number of nitrogens with one attached hydrogen (secondary N) is 1. The second kappa shape index (κ2) is 10.5. The zero-order valence-electron chi connectivity index (χ0n) is 19.1. The molecule has 0 saturated heterocycles. The van der Waals surface area contributed by atoms with Crippen LogP contribution in [0.5, 0.6) is 0 Å². The number of amides is 1. The molecule has 4 rings (SSSR count). The molecule has 8 heteroatoms. The highest BCUT2D eigenvalue weighted by Crippen LogP contribution is 2.22. The molecule has 0 spiro atoms. The Morgan fingerprint density at radius 2 is 1.40 bits per heavy atom. The fourth-order valence-corrected chi connectivity index (χ4v) is 4.47. The molecular formula is C27H24FN3O3S. The molecule has 1 aromatic heterocycles. The summed E-state index contributed by atoms with van der Waals surface area (Å²) in [5.74, 6) is -0.693. The number of pyridine rings is 1. The van der Waals surface area contributed by atoms with Gasteiger partial charge in [-0.1, -0.05) is 24.3 Å². The first-order chi connectivity index (χ1) is 16.8. The lowest BCUT2D eigenvalue weighted by atomic mass is 10.1. The second-order valence-corrected chi connectivity index (χ2v) is 10.0. The summed E-state index contributed by atoms with van der Waals surface area (Å²) in [7, 11) is -3.60. The van der Waals surface area contributed by atoms with Crippen LogP contribution in [0.2, 0.25) is 0 Å². The van der Waals surface area contributed by atoms with E-state index in [1.807, 2.05) is 36.4 Å². The van der Waals surface area contributed by atoms with Gasteiger partial charge in [0.1, 0.15) is 5.82 Å². The third kappa shape index (κ3) is 6.51. The van der Waals surface area contributed by atoms with Gasteiger partial charge in [-0.3, -0.25) is 14.1 Å². The number of hydrogen-bond acceptors (Lipinski definition) is 4. The Hall–Kier alpha value is -4.04. The van der Waals surface area contributed by atoms with E-state index in [-0.39, 0.29) is 12.5 Å². The number of nitrogens with zero attached hydrogens (tertiary/aromatic N) is 2. The fraction of sp³-hybridized carbons (Fsp3) is 0.111. The molecule has 0 unspecified atom stereocenters. The van der Waals surface area contributed by atoms with Crippen molar-refractivity contribution in [2.75, 3.05) is 15.9 Å². The highest BCUT2D eigenvalue weighted by atomic mass is 32.2. The van der Waals surface area contributed by atoms with Crippen LogP contribution in [-0.2, 0) is 23.0 Å². The Bertz CT molecular complexity index is 1390. The molecule has 1 heterocycles. The standard InChI is InChI=1S/C27H24FN3O3S/c1-35(33,34)31(19-22-2-8-24(28)9-3-22)26-12-6-23(7-13-26)27(32)30-25-10-4-20(5-11-25)18-21-14-16-29-17-15-21/h2-17H,18-19H2,1H3,(H,30,32). The van der Waals surface area contributed by atoms with E-state index in [9.17, 15) is 17.6 Å². The maximum Gasteiger partial charge on any atom is 0.255 e. The van der Waals surface area contributed by atoms with E-state index in [0.717, 1.165) is 23.8 Å². The van der Waals surface area contributed by atoms with Crippen molar-refractivity contribution >= 4 is 27.3 Å². The quantitative estimate of drug-likeness (QED) is 0.377. The number of benzene rings is 3. The molecule has 0 fully saturated rings. The largest absolute Gasteiger partial charge is 0.322 e. The van der Waals surface area contributed by atoms with E-state index in [1.54, 1.807) is 36.7 Å². The summed E-state index contributed by atoms with van der Waals surface area (Å²) in [6.07, 6.45) is 5.39. The van der Waals surface area contributed by atoms with Gasteiger partial charge in [-0.15, -0.1) is 0 Å². The first-order valence-corrected chi connectivity index (χ1v) is 12.7. The van der Waals surface area contributed by atoms with Gasteiger partial charge in [-0.05, 0) is 83.8 Å². The van der Waals surface area contributed by atoms with Gasteiger partial charge in [0.25, 0.3) is 5.91 Å². The van der Waals surface area contributed by atoms with Gasteiger partial charge in [0.05, 0.1) is 18.5 Å². The van der Waals surface area contributed by atoms with Crippen LogP contribution in [-0.4, -0.2) is 25.6 Å². The van der Waals surface area contributed by atoms with E-state index in [1.165, 1.54) is 28.6 Å². The molecule has 3 aromatic carbocycles. The number of sulfonamides is 1. The third-order valence-corrected chi connectivity index (χ3v) is 6.57. The first kappa shape index (κ1) is 24.1. The van der Waals surface area contributed by atoms with E-state index in [2.05, 4.69) is 10.3 Å². The molecule has 0 aliphatic carbocycles. The van der Waals surface area contributed by atoms with Crippen molar-refractivity contribution in [3.8, 4) is 0 Å². The van der Waals surface area contributed by atoms with Gasteiger partial charge in [0, 0.05) is 23.6 Å². The molecule has 0 radical (unpaired) electrons. The van der Waals surface area contributed by atoms with Crippen molar-refractivity contribution in [3.63, 3.8) is 0 Å². The smallest absolute Gasteiger partial charge is 0.255 e. The Morgan fingerprint density at radius 1 is 0.829 bits per heavy atom. The Kier molecular flexibility index (Phi) is 7.22. The minimum absolute atomic E-state index is 0.0521. The maximum atomic E-state index is 13.2. The lowest BCUT2D eigenvalue weighted by molar-refractivity contribution is 0.102. The van der Waals surface area contributed by atoms with E-state index >= 15 is 0 Å². The fourth-order valence-electron chi connectivity index (χ4n) is 3.58. The van der Waals surface area contributed by atoms with Crippen molar-refractivity contribution in [2.45, 2.75) is 13.0 Å². The average Bonchev–Trinajstić information content (AvgIpc) is 2.85. The number of carbonyl (C=O) groups excluding carboxylic acids is 1. The molecule has 6 nitrogen and oxygen atoms in total. The van der Waals surface area contributed by atoms with Gasteiger partial charge < -0.3 is 5.32 Å². The van der Waals surface area contributed by atoms with Crippen molar-refractivity contribution in [1.82, 2.24) is 4.98 Å². The summed E-state index contributed by atoms with van der Waals surface area (Å²) in [4.78, 5) is 16.7. The van der Waals surface area contributed by atoms with Crippen LogP contribution in [0, 0.1) is 5.82 Å². The highest BCUT2D eigenvalue weighted by Gasteiger charge is 2.18. The van der Waals surface area contributed by atoms with Crippen molar-refractivity contribution in [3.05, 3.63) is 125 Å². The number of carbonyl (C=O) groups is 1. The molecule has 35 heavy (non-hydrogen) atoms. The van der Waals surface area contributed by atoms with Gasteiger partial charge in [0.15, 0.2) is 0 Å². The van der Waals surface area contributed by atoms with Crippen LogP contribution in [0.15, 0.2) is 97.3 Å². The molecule has 4 aromatic rings. The summed E-state index contributed by atoms with van der Waals surface area (Å²) in [5.41, 5.74) is 4.37. The van der Waals surface area contributed by atoms with Crippen molar-refractivity contribution in [1.29, 1.82) is 0 Å².